The summed E-state index contributed by atoms with van der Waals surface area (Å²) in [4.78, 5) is 12.0. The summed E-state index contributed by atoms with van der Waals surface area (Å²) < 4.78 is 11.6. The summed E-state index contributed by atoms with van der Waals surface area (Å²) in [5.74, 6) is 2.17. The van der Waals surface area contributed by atoms with Gasteiger partial charge in [0, 0.05) is 29.0 Å². The van der Waals surface area contributed by atoms with Crippen LogP contribution in [0.1, 0.15) is 42.9 Å². The summed E-state index contributed by atoms with van der Waals surface area (Å²) in [6.45, 7) is 7.05. The predicted octanol–water partition coefficient (Wildman–Crippen LogP) is 2.99. The third-order valence-electron chi connectivity index (χ3n) is 4.05. The van der Waals surface area contributed by atoms with Gasteiger partial charge in [0.2, 0.25) is 5.91 Å². The predicted molar refractivity (Wildman–Crippen MR) is 87.2 cm³/mol. The fraction of sp³-hybridized carbons (Fsp3) is 0.412. The second-order valence-corrected chi connectivity index (χ2v) is 5.48. The van der Waals surface area contributed by atoms with E-state index in [1.165, 1.54) is 0 Å². The minimum atomic E-state index is -0.0755. The van der Waals surface area contributed by atoms with E-state index < -0.39 is 0 Å². The van der Waals surface area contributed by atoms with E-state index in [-0.39, 0.29) is 11.8 Å². The van der Waals surface area contributed by atoms with Crippen LogP contribution in [-0.2, 0) is 4.79 Å². The fourth-order valence-corrected chi connectivity index (χ4v) is 3.04. The Kier molecular flexibility index (Phi) is 4.23. The first kappa shape index (κ1) is 15.4. The Labute approximate surface area is 135 Å². The Morgan fingerprint density at radius 2 is 2.00 bits per heavy atom. The number of aromatic nitrogens is 2. The van der Waals surface area contributed by atoms with Crippen molar-refractivity contribution < 1.29 is 14.3 Å². The average Bonchev–Trinajstić information content (AvgIpc) is 2.99. The van der Waals surface area contributed by atoms with Crippen molar-refractivity contribution in [3.05, 3.63) is 35.0 Å². The zero-order valence-corrected chi connectivity index (χ0v) is 13.6. The first-order chi connectivity index (χ1) is 11.2. The van der Waals surface area contributed by atoms with Crippen LogP contribution in [0.2, 0.25) is 0 Å². The molecule has 0 saturated heterocycles. The number of fused-ring (bicyclic) bond motifs is 1. The molecule has 0 unspecified atom stereocenters. The lowest BCUT2D eigenvalue weighted by Gasteiger charge is -2.25. The molecule has 2 N–H and O–H groups in total. The highest BCUT2D eigenvalue weighted by molar-refractivity contribution is 5.94. The maximum absolute atomic E-state index is 12.0. The summed E-state index contributed by atoms with van der Waals surface area (Å²) in [6.07, 6.45) is 2.14. The number of anilines is 1. The van der Waals surface area contributed by atoms with Crippen LogP contribution in [-0.4, -0.2) is 29.3 Å². The summed E-state index contributed by atoms with van der Waals surface area (Å²) in [5, 5.41) is 9.71. The summed E-state index contributed by atoms with van der Waals surface area (Å²) in [6, 6.07) is 3.94. The van der Waals surface area contributed by atoms with E-state index in [4.69, 9.17) is 9.47 Å². The number of rotatable bonds is 5. The molecule has 6 nitrogen and oxygen atoms in total. The van der Waals surface area contributed by atoms with Gasteiger partial charge in [0.1, 0.15) is 17.3 Å². The molecule has 1 aromatic heterocycles. The molecule has 0 spiro atoms. The molecule has 0 saturated carbocycles. The van der Waals surface area contributed by atoms with Gasteiger partial charge in [-0.2, -0.15) is 5.10 Å². The minimum absolute atomic E-state index is 0.0271. The van der Waals surface area contributed by atoms with Crippen LogP contribution in [0.4, 0.5) is 5.82 Å². The number of benzene rings is 1. The molecule has 0 fully saturated rings. The minimum Gasteiger partial charge on any atom is -0.493 e. The van der Waals surface area contributed by atoms with Gasteiger partial charge in [-0.25, -0.2) is 0 Å². The number of hydrogen-bond acceptors (Lipinski definition) is 4. The number of hydrogen-bond donors (Lipinski definition) is 2. The lowest BCUT2D eigenvalue weighted by molar-refractivity contribution is -0.116. The Hall–Kier alpha value is -2.50. The van der Waals surface area contributed by atoms with E-state index >= 15 is 0 Å². The molecule has 23 heavy (non-hydrogen) atoms. The molecule has 1 aliphatic heterocycles. The van der Waals surface area contributed by atoms with Gasteiger partial charge in [-0.1, -0.05) is 6.07 Å². The van der Waals surface area contributed by atoms with Gasteiger partial charge in [-0.15, -0.1) is 0 Å². The van der Waals surface area contributed by atoms with Crippen LogP contribution in [0, 0.1) is 6.92 Å². The Balaban J connectivity index is 2.09. The van der Waals surface area contributed by atoms with Gasteiger partial charge in [-0.3, -0.25) is 9.89 Å². The lowest BCUT2D eigenvalue weighted by Crippen LogP contribution is -2.23. The van der Waals surface area contributed by atoms with Crippen molar-refractivity contribution in [1.29, 1.82) is 0 Å². The third kappa shape index (κ3) is 2.76. The van der Waals surface area contributed by atoms with E-state index in [2.05, 4.69) is 15.5 Å². The maximum atomic E-state index is 12.0. The SMILES string of the molecule is CCOc1ccc([C@@H]2CC(=O)Nc3[nH]ncc32)c(OCC)c1C. The molecular formula is C17H21N3O3. The molecule has 1 aromatic carbocycles. The van der Waals surface area contributed by atoms with Crippen molar-refractivity contribution >= 4 is 11.7 Å². The monoisotopic (exact) mass is 315 g/mol. The molecule has 122 valence electrons. The Morgan fingerprint density at radius 1 is 1.22 bits per heavy atom. The standard InChI is InChI=1S/C17H21N3O3/c1-4-22-14-7-6-11(16(10(14)3)23-5-2)12-8-15(21)19-17-13(12)9-18-20-17/h6-7,9,12H,4-5,8H2,1-3H3,(H2,18,19,20,21)/t12-/m0/s1. The highest BCUT2D eigenvalue weighted by Gasteiger charge is 2.31. The van der Waals surface area contributed by atoms with Crippen LogP contribution < -0.4 is 14.8 Å². The van der Waals surface area contributed by atoms with Crippen LogP contribution >= 0.6 is 0 Å². The van der Waals surface area contributed by atoms with Crippen LogP contribution in [0.3, 0.4) is 0 Å². The molecule has 0 aliphatic carbocycles. The molecule has 0 bridgehead atoms. The highest BCUT2D eigenvalue weighted by Crippen LogP contribution is 2.43. The van der Waals surface area contributed by atoms with Crippen molar-refractivity contribution in [2.75, 3.05) is 18.5 Å². The van der Waals surface area contributed by atoms with Crippen molar-refractivity contribution in [2.45, 2.75) is 33.1 Å². The van der Waals surface area contributed by atoms with E-state index in [1.54, 1.807) is 6.20 Å². The topological polar surface area (TPSA) is 76.2 Å². The van der Waals surface area contributed by atoms with Crippen molar-refractivity contribution in [2.24, 2.45) is 0 Å². The number of carbonyl (C=O) groups excluding carboxylic acids is 1. The van der Waals surface area contributed by atoms with Gasteiger partial charge < -0.3 is 14.8 Å². The number of ether oxygens (including phenoxy) is 2. The fourth-order valence-electron chi connectivity index (χ4n) is 3.04. The second kappa shape index (κ2) is 6.32. The van der Waals surface area contributed by atoms with Gasteiger partial charge in [-0.05, 0) is 26.8 Å². The average molecular weight is 315 g/mol. The Bertz CT molecular complexity index is 724. The molecule has 2 heterocycles. The molecule has 1 atom stereocenters. The van der Waals surface area contributed by atoms with Crippen LogP contribution in [0.15, 0.2) is 18.3 Å². The number of nitrogens with one attached hydrogen (secondary N) is 2. The molecule has 2 aromatic rings. The number of H-pyrrole nitrogens is 1. The number of aromatic amines is 1. The number of amides is 1. The molecule has 1 aliphatic rings. The summed E-state index contributed by atoms with van der Waals surface area (Å²) >= 11 is 0. The summed E-state index contributed by atoms with van der Waals surface area (Å²) in [5.41, 5.74) is 2.93. The van der Waals surface area contributed by atoms with Gasteiger partial charge >= 0.3 is 0 Å². The van der Waals surface area contributed by atoms with Crippen molar-refractivity contribution in [3.63, 3.8) is 0 Å². The largest absolute Gasteiger partial charge is 0.493 e. The van der Waals surface area contributed by atoms with E-state index in [1.807, 2.05) is 32.9 Å². The van der Waals surface area contributed by atoms with Gasteiger partial charge in [0.25, 0.3) is 0 Å². The molecular weight excluding hydrogens is 294 g/mol. The number of carbonyl (C=O) groups is 1. The zero-order valence-electron chi connectivity index (χ0n) is 13.6. The molecule has 1 amide bonds. The first-order valence-corrected chi connectivity index (χ1v) is 7.87. The maximum Gasteiger partial charge on any atom is 0.226 e. The lowest BCUT2D eigenvalue weighted by atomic mass is 9.86. The van der Waals surface area contributed by atoms with Gasteiger partial charge in [0.15, 0.2) is 0 Å². The first-order valence-electron chi connectivity index (χ1n) is 7.87. The quantitative estimate of drug-likeness (QED) is 0.889. The molecule has 0 radical (unpaired) electrons. The van der Waals surface area contributed by atoms with E-state index in [0.29, 0.717) is 25.5 Å². The second-order valence-electron chi connectivity index (χ2n) is 5.48. The van der Waals surface area contributed by atoms with E-state index in [0.717, 1.165) is 28.2 Å². The highest BCUT2D eigenvalue weighted by atomic mass is 16.5. The van der Waals surface area contributed by atoms with Gasteiger partial charge in [0.05, 0.1) is 19.4 Å². The van der Waals surface area contributed by atoms with Crippen molar-refractivity contribution in [1.82, 2.24) is 10.2 Å². The zero-order chi connectivity index (χ0) is 16.4. The van der Waals surface area contributed by atoms with Crippen molar-refractivity contribution in [3.8, 4) is 11.5 Å². The van der Waals surface area contributed by atoms with E-state index in [9.17, 15) is 4.79 Å². The van der Waals surface area contributed by atoms with Crippen LogP contribution in [0.25, 0.3) is 0 Å². The number of nitrogens with zero attached hydrogens (tertiary/aromatic N) is 1. The van der Waals surface area contributed by atoms with Crippen LogP contribution in [0.5, 0.6) is 11.5 Å². The normalized spacial score (nSPS) is 16.7. The smallest absolute Gasteiger partial charge is 0.226 e. The molecule has 6 heteroatoms. The summed E-state index contributed by atoms with van der Waals surface area (Å²) in [7, 11) is 0. The third-order valence-corrected chi connectivity index (χ3v) is 4.05. The molecule has 3 rings (SSSR count). The Morgan fingerprint density at radius 3 is 2.74 bits per heavy atom.